The van der Waals surface area contributed by atoms with E-state index in [-0.39, 0.29) is 23.6 Å². The number of nitrogens with one attached hydrogen (secondary N) is 1. The lowest BCUT2D eigenvalue weighted by atomic mass is 9.99. The average Bonchev–Trinajstić information content (AvgIpc) is 2.98. The van der Waals surface area contributed by atoms with Crippen LogP contribution >= 0.6 is 0 Å². The van der Waals surface area contributed by atoms with Crippen molar-refractivity contribution < 1.29 is 23.5 Å². The third-order valence-electron chi connectivity index (χ3n) is 4.60. The number of amides is 1. The molecule has 1 amide bonds. The molecule has 0 aliphatic heterocycles. The minimum Gasteiger partial charge on any atom is -0.464 e. The maximum absolute atomic E-state index is 13.2. The van der Waals surface area contributed by atoms with Gasteiger partial charge in [-0.1, -0.05) is 6.08 Å². The summed E-state index contributed by atoms with van der Waals surface area (Å²) in [6.07, 6.45) is 1.52. The highest BCUT2D eigenvalue weighted by atomic mass is 19.1. The van der Waals surface area contributed by atoms with Gasteiger partial charge >= 0.3 is 5.97 Å². The van der Waals surface area contributed by atoms with Crippen molar-refractivity contribution in [3.63, 3.8) is 0 Å². The second-order valence-electron chi connectivity index (χ2n) is 6.41. The first-order valence-corrected chi connectivity index (χ1v) is 8.72. The highest BCUT2D eigenvalue weighted by Crippen LogP contribution is 2.22. The van der Waals surface area contributed by atoms with Crippen molar-refractivity contribution in [2.24, 2.45) is 0 Å². The maximum Gasteiger partial charge on any atom is 0.354 e. The Morgan fingerprint density at radius 3 is 2.39 bits per heavy atom. The normalized spacial score (nSPS) is 11.6. The largest absolute Gasteiger partial charge is 0.464 e. The fourth-order valence-electron chi connectivity index (χ4n) is 3.09. The molecule has 1 N–H and O–H groups in total. The van der Waals surface area contributed by atoms with Crippen molar-refractivity contribution in [1.82, 2.24) is 9.88 Å². The first kappa shape index (κ1) is 21.1. The van der Waals surface area contributed by atoms with Crippen LogP contribution in [0.1, 0.15) is 49.4 Å². The molecule has 1 atom stereocenters. The molecule has 6 nitrogen and oxygen atoms in total. The smallest absolute Gasteiger partial charge is 0.354 e. The summed E-state index contributed by atoms with van der Waals surface area (Å²) in [5.41, 5.74) is 1.79. The summed E-state index contributed by atoms with van der Waals surface area (Å²) in [7, 11) is 1.26. The van der Waals surface area contributed by atoms with Gasteiger partial charge in [0, 0.05) is 23.4 Å². The van der Waals surface area contributed by atoms with Gasteiger partial charge in [0.2, 0.25) is 0 Å². The zero-order chi connectivity index (χ0) is 21.0. The Balaban J connectivity index is 2.39. The van der Waals surface area contributed by atoms with E-state index in [1.54, 1.807) is 20.8 Å². The van der Waals surface area contributed by atoms with E-state index >= 15 is 0 Å². The Morgan fingerprint density at radius 1 is 1.25 bits per heavy atom. The quantitative estimate of drug-likeness (QED) is 0.449. The van der Waals surface area contributed by atoms with Crippen LogP contribution in [-0.4, -0.2) is 47.2 Å². The van der Waals surface area contributed by atoms with Crippen LogP contribution in [0.15, 0.2) is 36.9 Å². The van der Waals surface area contributed by atoms with E-state index in [1.165, 1.54) is 42.4 Å². The van der Waals surface area contributed by atoms with Gasteiger partial charge in [0.25, 0.3) is 5.91 Å². The second kappa shape index (κ2) is 8.65. The van der Waals surface area contributed by atoms with Crippen molar-refractivity contribution in [3.05, 3.63) is 70.8 Å². The number of nitrogens with zero attached hydrogens (tertiary/aromatic N) is 1. The molecule has 1 heterocycles. The van der Waals surface area contributed by atoms with Gasteiger partial charge in [-0.25, -0.2) is 9.18 Å². The number of halogens is 1. The summed E-state index contributed by atoms with van der Waals surface area (Å²) in [4.78, 5) is 42.1. The number of H-pyrrole nitrogens is 1. The molecular weight excluding hydrogens is 363 g/mol. The van der Waals surface area contributed by atoms with Crippen molar-refractivity contribution in [2.45, 2.75) is 26.8 Å². The van der Waals surface area contributed by atoms with Crippen molar-refractivity contribution in [2.75, 3.05) is 13.7 Å². The van der Waals surface area contributed by atoms with Crippen LogP contribution in [0.3, 0.4) is 0 Å². The molecule has 1 aromatic heterocycles. The van der Waals surface area contributed by atoms with Gasteiger partial charge < -0.3 is 14.6 Å². The topological polar surface area (TPSA) is 79.5 Å². The van der Waals surface area contributed by atoms with E-state index in [9.17, 15) is 18.8 Å². The highest BCUT2D eigenvalue weighted by Gasteiger charge is 2.31. The number of Topliss-reactive ketones (excluding diaryl/α,β-unsaturated/α-hetero) is 1. The number of aryl methyl sites for hydroxylation is 1. The molecular formula is C21H23FN2O4. The van der Waals surface area contributed by atoms with Crippen molar-refractivity contribution in [1.29, 1.82) is 0 Å². The fourth-order valence-corrected chi connectivity index (χ4v) is 3.09. The second-order valence-corrected chi connectivity index (χ2v) is 6.41. The number of aromatic amines is 1. The molecule has 0 saturated carbocycles. The first-order chi connectivity index (χ1) is 13.2. The molecule has 0 bridgehead atoms. The highest BCUT2D eigenvalue weighted by molar-refractivity contribution is 6.07. The molecule has 0 aliphatic rings. The van der Waals surface area contributed by atoms with E-state index < -0.39 is 23.7 Å². The molecule has 28 heavy (non-hydrogen) atoms. The van der Waals surface area contributed by atoms with Gasteiger partial charge in [-0.3, -0.25) is 9.59 Å². The number of benzene rings is 1. The monoisotopic (exact) mass is 386 g/mol. The standard InChI is InChI=1S/C21H23FN2O4/c1-6-11-24(20(26)15-7-9-16(22)10-8-15)14(4)19(25)17-12(2)18(21(27)28-5)23-13(17)3/h6-10,14,23H,1,11H2,2-5H3/t14-/m1/s1. The predicted molar refractivity (Wildman–Crippen MR) is 103 cm³/mol. The number of rotatable bonds is 7. The molecule has 1 aromatic carbocycles. The average molecular weight is 386 g/mol. The van der Waals surface area contributed by atoms with Gasteiger partial charge in [-0.15, -0.1) is 6.58 Å². The lowest BCUT2D eigenvalue weighted by Crippen LogP contribution is -2.43. The summed E-state index contributed by atoms with van der Waals surface area (Å²) >= 11 is 0. The molecule has 0 saturated heterocycles. The minimum atomic E-state index is -0.825. The molecule has 2 aromatic rings. The lowest BCUT2D eigenvalue weighted by molar-refractivity contribution is 0.0593. The Morgan fingerprint density at radius 2 is 1.86 bits per heavy atom. The van der Waals surface area contributed by atoms with Crippen LogP contribution in [0.2, 0.25) is 0 Å². The van der Waals surface area contributed by atoms with Crippen molar-refractivity contribution >= 4 is 17.7 Å². The van der Waals surface area contributed by atoms with E-state index in [4.69, 9.17) is 4.74 Å². The molecule has 2 rings (SSSR count). The molecule has 0 unspecified atom stereocenters. The van der Waals surface area contributed by atoms with Crippen LogP contribution < -0.4 is 0 Å². The molecule has 0 aliphatic carbocycles. The van der Waals surface area contributed by atoms with Gasteiger partial charge in [-0.2, -0.15) is 0 Å². The Bertz CT molecular complexity index is 915. The van der Waals surface area contributed by atoms with Gasteiger partial charge in [0.05, 0.1) is 13.2 Å². The number of carbonyl (C=O) groups excluding carboxylic acids is 3. The van der Waals surface area contributed by atoms with Gasteiger partial charge in [0.1, 0.15) is 11.5 Å². The van der Waals surface area contributed by atoms with Crippen LogP contribution in [-0.2, 0) is 4.74 Å². The number of carbonyl (C=O) groups is 3. The Kier molecular flexibility index (Phi) is 6.51. The Hall–Kier alpha value is -3.22. The lowest BCUT2D eigenvalue weighted by Gasteiger charge is -2.27. The van der Waals surface area contributed by atoms with E-state index in [1.807, 2.05) is 0 Å². The van der Waals surface area contributed by atoms with Gasteiger partial charge in [0.15, 0.2) is 5.78 Å². The van der Waals surface area contributed by atoms with E-state index in [2.05, 4.69) is 11.6 Å². The van der Waals surface area contributed by atoms with Crippen LogP contribution in [0.5, 0.6) is 0 Å². The molecule has 0 fully saturated rings. The number of hydrogen-bond donors (Lipinski definition) is 1. The SMILES string of the molecule is C=CCN(C(=O)c1ccc(F)cc1)[C@H](C)C(=O)c1c(C)[nH]c(C(=O)OC)c1C. The number of ether oxygens (including phenoxy) is 1. The number of aromatic nitrogens is 1. The van der Waals surface area contributed by atoms with E-state index in [0.717, 1.165) is 0 Å². The zero-order valence-electron chi connectivity index (χ0n) is 16.3. The molecule has 148 valence electrons. The fraction of sp³-hybridized carbons (Fsp3) is 0.286. The number of hydrogen-bond acceptors (Lipinski definition) is 4. The minimum absolute atomic E-state index is 0.134. The number of esters is 1. The summed E-state index contributed by atoms with van der Waals surface area (Å²) in [5, 5.41) is 0. The van der Waals surface area contributed by atoms with E-state index in [0.29, 0.717) is 16.8 Å². The predicted octanol–water partition coefficient (Wildman–Crippen LogP) is 3.46. The third-order valence-corrected chi connectivity index (χ3v) is 4.60. The third kappa shape index (κ3) is 4.03. The van der Waals surface area contributed by atoms with Crippen LogP contribution in [0, 0.1) is 19.7 Å². The van der Waals surface area contributed by atoms with Crippen molar-refractivity contribution in [3.8, 4) is 0 Å². The first-order valence-electron chi connectivity index (χ1n) is 8.72. The maximum atomic E-state index is 13.2. The molecule has 0 radical (unpaired) electrons. The number of ketones is 1. The zero-order valence-corrected chi connectivity index (χ0v) is 16.3. The summed E-state index contributed by atoms with van der Waals surface area (Å²) in [6.45, 7) is 8.72. The van der Waals surface area contributed by atoms with Crippen LogP contribution in [0.4, 0.5) is 4.39 Å². The summed E-state index contributed by atoms with van der Waals surface area (Å²) in [6, 6.07) is 4.29. The molecule has 7 heteroatoms. The van der Waals surface area contributed by atoms with Crippen LogP contribution in [0.25, 0.3) is 0 Å². The number of methoxy groups -OCH3 is 1. The molecule has 0 spiro atoms. The summed E-state index contributed by atoms with van der Waals surface area (Å²) in [5.74, 6) is -1.76. The van der Waals surface area contributed by atoms with Gasteiger partial charge in [-0.05, 0) is 50.6 Å². The Labute approximate surface area is 163 Å². The summed E-state index contributed by atoms with van der Waals surface area (Å²) < 4.78 is 17.9.